The molecule has 0 aliphatic carbocycles. The Labute approximate surface area is 181 Å². The summed E-state index contributed by atoms with van der Waals surface area (Å²) < 4.78 is 48.2. The van der Waals surface area contributed by atoms with Crippen molar-refractivity contribution in [2.45, 2.75) is 45.1 Å². The van der Waals surface area contributed by atoms with Gasteiger partial charge in [0.15, 0.2) is 0 Å². The lowest BCUT2D eigenvalue weighted by atomic mass is 10.0. The Morgan fingerprint density at radius 3 is 2.97 bits per heavy atom. The second-order valence-corrected chi connectivity index (χ2v) is 7.67. The molecule has 1 saturated heterocycles. The van der Waals surface area contributed by atoms with Crippen LogP contribution in [0, 0.1) is 6.85 Å². The summed E-state index contributed by atoms with van der Waals surface area (Å²) in [7, 11) is 0. The summed E-state index contributed by atoms with van der Waals surface area (Å²) in [5.74, 6) is 0.159. The van der Waals surface area contributed by atoms with Crippen molar-refractivity contribution in [2.24, 2.45) is 0 Å². The third-order valence-electron chi connectivity index (χ3n) is 5.19. The maximum atomic E-state index is 8.99. The van der Waals surface area contributed by atoms with Gasteiger partial charge in [-0.05, 0) is 44.8 Å². The number of ether oxygens (including phenoxy) is 1. The molecule has 148 valence electrons. The topological polar surface area (TPSA) is 65.7 Å². The van der Waals surface area contributed by atoms with Crippen molar-refractivity contribution in [3.63, 3.8) is 0 Å². The van der Waals surface area contributed by atoms with Crippen LogP contribution in [-0.4, -0.2) is 37.2 Å². The summed E-state index contributed by atoms with van der Waals surface area (Å²) >= 11 is 6.31. The molecule has 0 amide bonds. The second kappa shape index (κ2) is 7.35. The number of nitrogens with zero attached hydrogens (tertiary/aromatic N) is 5. The Balaban J connectivity index is 1.75. The maximum Gasteiger partial charge on any atom is 0.116 e. The van der Waals surface area contributed by atoms with Gasteiger partial charge in [0.1, 0.15) is 11.3 Å². The number of hydrogen-bond acceptors (Lipinski definition) is 5. The predicted octanol–water partition coefficient (Wildman–Crippen LogP) is 4.67. The number of aromatic nitrogens is 5. The maximum absolute atomic E-state index is 8.99. The van der Waals surface area contributed by atoms with Crippen LogP contribution in [0.3, 0.4) is 0 Å². The average molecular weight is 413 g/mol. The van der Waals surface area contributed by atoms with E-state index in [1.165, 1.54) is 6.20 Å². The van der Waals surface area contributed by atoms with Crippen LogP contribution in [0.1, 0.15) is 49.9 Å². The van der Waals surface area contributed by atoms with Gasteiger partial charge >= 0.3 is 0 Å². The first-order chi connectivity index (χ1) is 16.1. The molecule has 2 atom stereocenters. The van der Waals surface area contributed by atoms with Crippen LogP contribution in [0.25, 0.3) is 21.9 Å². The second-order valence-electron chi connectivity index (χ2n) is 7.23. The lowest BCUT2D eigenvalue weighted by molar-refractivity contribution is 0.00631. The number of benzene rings is 1. The average Bonchev–Trinajstić information content (AvgIpc) is 3.20. The summed E-state index contributed by atoms with van der Waals surface area (Å²) in [4.78, 5) is 17.2. The molecule has 0 unspecified atom stereocenters. The molecular weight excluding hydrogens is 386 g/mol. The van der Waals surface area contributed by atoms with Crippen molar-refractivity contribution in [3.8, 4) is 0 Å². The molecule has 5 rings (SSSR count). The molecule has 0 radical (unpaired) electrons. The number of hydrogen-bond donors (Lipinski definition) is 0. The van der Waals surface area contributed by atoms with Crippen molar-refractivity contribution in [1.82, 2.24) is 24.5 Å². The lowest BCUT2D eigenvalue weighted by Gasteiger charge is -2.30. The highest BCUT2D eigenvalue weighted by atomic mass is 35.5. The van der Waals surface area contributed by atoms with Gasteiger partial charge in [-0.15, -0.1) is 0 Å². The van der Waals surface area contributed by atoms with Crippen molar-refractivity contribution in [2.75, 3.05) is 6.61 Å². The van der Waals surface area contributed by atoms with Gasteiger partial charge in [0.2, 0.25) is 0 Å². The fraction of sp³-hybridized carbons (Fsp3) is 0.364. The van der Waals surface area contributed by atoms with E-state index in [9.17, 15) is 0 Å². The van der Waals surface area contributed by atoms with Crippen molar-refractivity contribution in [3.05, 3.63) is 59.0 Å². The van der Waals surface area contributed by atoms with Crippen LogP contribution in [-0.2, 0) is 11.1 Å². The van der Waals surface area contributed by atoms with Crippen molar-refractivity contribution in [1.29, 1.82) is 0 Å². The quantitative estimate of drug-likeness (QED) is 0.489. The highest BCUT2D eigenvalue weighted by Crippen LogP contribution is 2.34. The molecule has 6 nitrogen and oxygen atoms in total. The molecule has 1 aliphatic rings. The Hall–Kier alpha value is -2.57. The molecule has 7 heteroatoms. The van der Waals surface area contributed by atoms with Gasteiger partial charge in [-0.25, -0.2) is 4.98 Å². The molecule has 1 fully saturated rings. The zero-order valence-electron chi connectivity index (χ0n) is 20.8. The fourth-order valence-corrected chi connectivity index (χ4v) is 4.08. The number of rotatable bonds is 3. The lowest BCUT2D eigenvalue weighted by Crippen LogP contribution is -2.26. The summed E-state index contributed by atoms with van der Waals surface area (Å²) in [5, 5.41) is 1.33. The van der Waals surface area contributed by atoms with Gasteiger partial charge in [0.05, 0.1) is 34.7 Å². The summed E-state index contributed by atoms with van der Waals surface area (Å²) in [6, 6.07) is 5.34. The molecule has 1 aliphatic heterocycles. The molecule has 3 aromatic heterocycles. The van der Waals surface area contributed by atoms with Crippen LogP contribution < -0.4 is 0 Å². The largest absolute Gasteiger partial charge is 0.378 e. The SMILES string of the molecule is [2H]C([2H])([2H])c1cnc(C([2H])([2H])c2nc3cnc4ccc(Cl)cc4c3n2[C@@H]2CCO[C@H](C)C2)cn1. The first kappa shape index (κ1) is 13.6. The van der Waals surface area contributed by atoms with Crippen LogP contribution in [0.5, 0.6) is 0 Å². The van der Waals surface area contributed by atoms with E-state index in [2.05, 4.69) is 19.9 Å². The van der Waals surface area contributed by atoms with Crippen LogP contribution >= 0.6 is 11.6 Å². The highest BCUT2D eigenvalue weighted by Gasteiger charge is 2.26. The van der Waals surface area contributed by atoms with E-state index in [1.54, 1.807) is 12.3 Å². The standard InChI is InChI=1S/C22H22ClN5O/c1-13-10-25-16(11-24-13)9-21-27-20-12-26-19-4-3-15(23)8-18(19)22(20)28(21)17-5-6-29-14(2)7-17/h3-4,8,10-12,14,17H,5-7,9H2,1-2H3/t14-,17-/m1/s1/i1D3,9D2. The summed E-state index contributed by atoms with van der Waals surface area (Å²) in [5.41, 5.74) is 1.81. The van der Waals surface area contributed by atoms with E-state index in [1.807, 2.05) is 23.6 Å². The fourth-order valence-electron chi connectivity index (χ4n) is 3.91. The zero-order chi connectivity index (χ0) is 24.3. The number of fused-ring (bicyclic) bond motifs is 3. The molecule has 0 N–H and O–H groups in total. The van der Waals surface area contributed by atoms with E-state index < -0.39 is 13.2 Å². The molecule has 4 heterocycles. The van der Waals surface area contributed by atoms with Crippen molar-refractivity contribution < 1.29 is 11.6 Å². The van der Waals surface area contributed by atoms with Gasteiger partial charge in [-0.3, -0.25) is 15.0 Å². The molecule has 0 saturated carbocycles. The highest BCUT2D eigenvalue weighted by molar-refractivity contribution is 6.31. The molecule has 0 bridgehead atoms. The van der Waals surface area contributed by atoms with E-state index in [0.29, 0.717) is 30.0 Å². The Kier molecular flexibility index (Phi) is 3.45. The van der Waals surface area contributed by atoms with E-state index in [-0.39, 0.29) is 29.4 Å². The van der Waals surface area contributed by atoms with E-state index >= 15 is 0 Å². The number of imidazole rings is 1. The Morgan fingerprint density at radius 2 is 2.17 bits per heavy atom. The Bertz CT molecular complexity index is 1370. The number of aryl methyl sites for hydroxylation is 1. The van der Waals surface area contributed by atoms with E-state index in [0.717, 1.165) is 22.6 Å². The number of halogens is 1. The van der Waals surface area contributed by atoms with Gasteiger partial charge in [0.25, 0.3) is 0 Å². The normalized spacial score (nSPS) is 23.3. The number of pyridine rings is 1. The van der Waals surface area contributed by atoms with Crippen LogP contribution in [0.4, 0.5) is 0 Å². The van der Waals surface area contributed by atoms with Crippen molar-refractivity contribution >= 4 is 33.5 Å². The summed E-state index contributed by atoms with van der Waals surface area (Å²) in [6.07, 6.45) is 3.13. The van der Waals surface area contributed by atoms with Crippen LogP contribution in [0.2, 0.25) is 5.02 Å². The van der Waals surface area contributed by atoms with Gasteiger partial charge in [-0.2, -0.15) is 0 Å². The summed E-state index contributed by atoms with van der Waals surface area (Å²) in [6.45, 7) is 0.118. The molecule has 1 aromatic carbocycles. The Morgan fingerprint density at radius 1 is 1.24 bits per heavy atom. The minimum Gasteiger partial charge on any atom is -0.378 e. The van der Waals surface area contributed by atoms with Gasteiger partial charge < -0.3 is 9.30 Å². The molecular formula is C22H22ClN5O. The minimum absolute atomic E-state index is 0.00460. The first-order valence-electron chi connectivity index (χ1n) is 12.0. The smallest absolute Gasteiger partial charge is 0.116 e. The first-order valence-corrected chi connectivity index (χ1v) is 9.85. The minimum atomic E-state index is -2.42. The third-order valence-corrected chi connectivity index (χ3v) is 5.43. The van der Waals surface area contributed by atoms with E-state index in [4.69, 9.17) is 23.2 Å². The molecule has 0 spiro atoms. The predicted molar refractivity (Wildman–Crippen MR) is 113 cm³/mol. The van der Waals surface area contributed by atoms with Gasteiger partial charge in [0, 0.05) is 48.7 Å². The third kappa shape index (κ3) is 3.47. The monoisotopic (exact) mass is 412 g/mol. The zero-order valence-corrected chi connectivity index (χ0v) is 16.5. The molecule has 29 heavy (non-hydrogen) atoms. The van der Waals surface area contributed by atoms with Crippen LogP contribution in [0.15, 0.2) is 36.8 Å². The molecule has 4 aromatic rings. The van der Waals surface area contributed by atoms with Gasteiger partial charge in [-0.1, -0.05) is 11.6 Å².